The summed E-state index contributed by atoms with van der Waals surface area (Å²) in [4.78, 5) is 30.3. The number of nitrogens with one attached hydrogen (secondary N) is 2. The van der Waals surface area contributed by atoms with Gasteiger partial charge in [-0.15, -0.1) is 0 Å². The maximum Gasteiger partial charge on any atom is 0.270 e. The Morgan fingerprint density at radius 2 is 1.95 bits per heavy atom. The van der Waals surface area contributed by atoms with E-state index in [-0.39, 0.29) is 24.1 Å². The highest BCUT2D eigenvalue weighted by Gasteiger charge is 2.41. The molecule has 1 fully saturated rings. The minimum absolute atomic E-state index is 0.0548. The number of benzene rings is 1. The van der Waals surface area contributed by atoms with Gasteiger partial charge in [0.25, 0.3) is 11.8 Å². The van der Waals surface area contributed by atoms with Crippen molar-refractivity contribution in [1.29, 1.82) is 0 Å². The van der Waals surface area contributed by atoms with Crippen molar-refractivity contribution in [2.45, 2.75) is 57.5 Å². The molecule has 0 aliphatic carbocycles. The van der Waals surface area contributed by atoms with E-state index in [4.69, 9.17) is 4.98 Å². The number of alkyl halides is 2. The Morgan fingerprint density at radius 3 is 2.67 bits per heavy atom. The molecule has 12 heteroatoms. The molecule has 2 unspecified atom stereocenters. The van der Waals surface area contributed by atoms with Crippen molar-refractivity contribution in [1.82, 2.24) is 35.0 Å². The lowest BCUT2D eigenvalue weighted by Crippen LogP contribution is -2.48. The molecule has 210 valence electrons. The molecular weight excluding hydrogens is 523 g/mol. The van der Waals surface area contributed by atoms with Crippen LogP contribution in [-0.2, 0) is 17.8 Å². The summed E-state index contributed by atoms with van der Waals surface area (Å²) in [5, 5.41) is 14.1. The molecule has 1 aliphatic rings. The van der Waals surface area contributed by atoms with Crippen LogP contribution in [0.15, 0.2) is 54.9 Å². The Kier molecular flexibility index (Phi) is 7.59. The van der Waals surface area contributed by atoms with Gasteiger partial charge in [-0.2, -0.15) is 10.2 Å². The number of nitrogens with zero attached hydrogens (tertiary/aromatic N) is 5. The summed E-state index contributed by atoms with van der Waals surface area (Å²) in [6.45, 7) is 3.72. The molecule has 1 aromatic carbocycles. The highest BCUT2D eigenvalue weighted by Crippen LogP contribution is 2.34. The third kappa shape index (κ3) is 5.70. The van der Waals surface area contributed by atoms with Crippen LogP contribution in [0.1, 0.15) is 66.1 Å². The van der Waals surface area contributed by atoms with Crippen LogP contribution in [0.2, 0.25) is 0 Å². The Balaban J connectivity index is 1.48. The molecule has 40 heavy (non-hydrogen) atoms. The van der Waals surface area contributed by atoms with E-state index in [1.54, 1.807) is 47.4 Å². The average Bonchev–Trinajstić information content (AvgIpc) is 3.58. The number of imidazole rings is 1. The van der Waals surface area contributed by atoms with Crippen molar-refractivity contribution >= 4 is 17.5 Å². The highest BCUT2D eigenvalue weighted by atomic mass is 19.3. The van der Waals surface area contributed by atoms with E-state index in [1.165, 1.54) is 16.6 Å². The first-order valence-corrected chi connectivity index (χ1v) is 13.3. The summed E-state index contributed by atoms with van der Waals surface area (Å²) >= 11 is 0. The highest BCUT2D eigenvalue weighted by molar-refractivity contribution is 5.92. The van der Waals surface area contributed by atoms with E-state index in [0.29, 0.717) is 35.7 Å². The number of aryl methyl sites for hydroxylation is 1. The van der Waals surface area contributed by atoms with Gasteiger partial charge in [-0.05, 0) is 49.2 Å². The van der Waals surface area contributed by atoms with Crippen LogP contribution in [-0.4, -0.2) is 48.7 Å². The van der Waals surface area contributed by atoms with Gasteiger partial charge >= 0.3 is 0 Å². The molecule has 5 rings (SSSR count). The normalized spacial score (nSPS) is 18.3. The van der Waals surface area contributed by atoms with E-state index in [0.717, 1.165) is 5.56 Å². The molecule has 9 nitrogen and oxygen atoms in total. The van der Waals surface area contributed by atoms with Gasteiger partial charge < -0.3 is 10.6 Å². The minimum Gasteiger partial charge on any atom is -0.350 e. The zero-order chi connectivity index (χ0) is 28.4. The Hall–Kier alpha value is -4.22. The largest absolute Gasteiger partial charge is 0.350 e. The van der Waals surface area contributed by atoms with Gasteiger partial charge in [0.2, 0.25) is 5.91 Å². The topological polar surface area (TPSA) is 106 Å². The number of fused-ring (bicyclic) bond motifs is 1. The lowest BCUT2D eigenvalue weighted by molar-refractivity contribution is -0.136. The van der Waals surface area contributed by atoms with E-state index >= 15 is 0 Å². The number of hydrogen-bond acceptors (Lipinski definition) is 5. The van der Waals surface area contributed by atoms with Gasteiger partial charge in [-0.1, -0.05) is 19.1 Å². The van der Waals surface area contributed by atoms with E-state index in [9.17, 15) is 22.8 Å². The molecule has 4 heterocycles. The van der Waals surface area contributed by atoms with Crippen LogP contribution in [0.4, 0.5) is 13.2 Å². The van der Waals surface area contributed by atoms with Crippen molar-refractivity contribution in [3.63, 3.8) is 0 Å². The molecular formula is C28H30F3N7O2. The fourth-order valence-corrected chi connectivity index (χ4v) is 5.25. The molecule has 4 aromatic rings. The van der Waals surface area contributed by atoms with E-state index in [1.807, 2.05) is 13.8 Å². The lowest BCUT2D eigenvalue weighted by atomic mass is 9.87. The second-order valence-electron chi connectivity index (χ2n) is 10.0. The van der Waals surface area contributed by atoms with Gasteiger partial charge in [0.1, 0.15) is 11.5 Å². The van der Waals surface area contributed by atoms with Gasteiger partial charge in [0, 0.05) is 37.4 Å². The van der Waals surface area contributed by atoms with Crippen LogP contribution in [0.25, 0.3) is 5.65 Å². The molecule has 1 saturated heterocycles. The molecule has 1 aliphatic heterocycles. The summed E-state index contributed by atoms with van der Waals surface area (Å²) < 4.78 is 44.6. The van der Waals surface area contributed by atoms with E-state index < -0.39 is 36.8 Å². The minimum atomic E-state index is -2.96. The summed E-state index contributed by atoms with van der Waals surface area (Å²) in [5.41, 5.74) is 2.70. The second-order valence-corrected chi connectivity index (χ2v) is 10.0. The fourth-order valence-electron chi connectivity index (χ4n) is 5.25. The van der Waals surface area contributed by atoms with E-state index in [2.05, 4.69) is 20.8 Å². The lowest BCUT2D eigenvalue weighted by Gasteiger charge is -2.28. The molecule has 2 N–H and O–H groups in total. The molecule has 0 saturated carbocycles. The number of halogens is 3. The number of rotatable bonds is 9. The van der Waals surface area contributed by atoms with Crippen LogP contribution >= 0.6 is 0 Å². The zero-order valence-electron chi connectivity index (χ0n) is 22.2. The third-order valence-corrected chi connectivity index (χ3v) is 7.28. The molecule has 0 bridgehead atoms. The van der Waals surface area contributed by atoms with Crippen molar-refractivity contribution < 1.29 is 22.8 Å². The van der Waals surface area contributed by atoms with Crippen molar-refractivity contribution in [3.8, 4) is 0 Å². The monoisotopic (exact) mass is 553 g/mol. The SMILES string of the molecule is CC[C@@H](c1ccc(F)cc1)C(NC(=O)c1ccnn1CC)c1cn2nc(CC3CC(F)(F)CNC3=O)ccc2n1. The number of amides is 2. The zero-order valence-corrected chi connectivity index (χ0v) is 22.2. The summed E-state index contributed by atoms with van der Waals surface area (Å²) in [6.07, 6.45) is 3.37. The summed E-state index contributed by atoms with van der Waals surface area (Å²) in [6, 6.07) is 10.5. The molecule has 0 radical (unpaired) electrons. The van der Waals surface area contributed by atoms with Gasteiger partial charge in [-0.3, -0.25) is 14.3 Å². The van der Waals surface area contributed by atoms with Gasteiger partial charge in [0.15, 0.2) is 5.65 Å². The number of aromatic nitrogens is 5. The van der Waals surface area contributed by atoms with Crippen LogP contribution in [0.5, 0.6) is 0 Å². The maximum absolute atomic E-state index is 13.9. The number of hydrogen-bond donors (Lipinski definition) is 2. The fraction of sp³-hybridized carbons (Fsp3) is 0.393. The predicted molar refractivity (Wildman–Crippen MR) is 140 cm³/mol. The first kappa shape index (κ1) is 27.4. The summed E-state index contributed by atoms with van der Waals surface area (Å²) in [5.74, 6) is -5.22. The predicted octanol–water partition coefficient (Wildman–Crippen LogP) is 4.06. The molecule has 3 aromatic heterocycles. The van der Waals surface area contributed by atoms with Crippen LogP contribution < -0.4 is 10.6 Å². The summed E-state index contributed by atoms with van der Waals surface area (Å²) in [7, 11) is 0. The van der Waals surface area contributed by atoms with Crippen molar-refractivity contribution in [2.24, 2.45) is 5.92 Å². The van der Waals surface area contributed by atoms with Crippen molar-refractivity contribution in [2.75, 3.05) is 6.54 Å². The molecule has 2 amide bonds. The molecule has 3 atom stereocenters. The Bertz CT molecular complexity index is 1520. The quantitative estimate of drug-likeness (QED) is 0.325. The second kappa shape index (κ2) is 11.1. The van der Waals surface area contributed by atoms with Gasteiger partial charge in [0.05, 0.1) is 30.2 Å². The smallest absolute Gasteiger partial charge is 0.270 e. The van der Waals surface area contributed by atoms with Crippen LogP contribution in [0, 0.1) is 11.7 Å². The van der Waals surface area contributed by atoms with Crippen molar-refractivity contribution in [3.05, 3.63) is 83.3 Å². The number of carbonyl (C=O) groups is 2. The first-order chi connectivity index (χ1) is 19.2. The van der Waals surface area contributed by atoms with Gasteiger partial charge in [-0.25, -0.2) is 22.7 Å². The Morgan fingerprint density at radius 1 is 1.18 bits per heavy atom. The first-order valence-electron chi connectivity index (χ1n) is 13.3. The average molecular weight is 554 g/mol. The molecule has 0 spiro atoms. The number of piperidine rings is 1. The Labute approximate surface area is 228 Å². The number of carbonyl (C=O) groups excluding carboxylic acids is 2. The third-order valence-electron chi connectivity index (χ3n) is 7.28. The maximum atomic E-state index is 13.9. The van der Waals surface area contributed by atoms with Crippen LogP contribution in [0.3, 0.4) is 0 Å². The standard InChI is InChI=1S/C28H30F3N7O2/c1-3-21(17-5-7-19(29)8-6-17)25(35-27(40)23-11-12-33-37(23)4-2)22-15-38-24(34-22)10-9-20(36-38)13-18-14-28(30,31)16-32-26(18)39/h5-12,15,18,21,25H,3-4,13-14,16H2,1-2H3,(H,32,39)(H,35,40)/t18?,21-,25?/m0/s1.